The normalized spacial score (nSPS) is 10.8. The summed E-state index contributed by atoms with van der Waals surface area (Å²) in [5, 5.41) is 21.8. The number of aromatic nitrogens is 1. The maximum absolute atomic E-state index is 12.8. The van der Waals surface area contributed by atoms with Gasteiger partial charge in [0.15, 0.2) is 5.75 Å². The summed E-state index contributed by atoms with van der Waals surface area (Å²) in [5.74, 6) is -1.14. The Morgan fingerprint density at radius 1 is 1.29 bits per heavy atom. The van der Waals surface area contributed by atoms with Crippen molar-refractivity contribution in [2.24, 2.45) is 0 Å². The second-order valence-electron chi connectivity index (χ2n) is 5.30. The van der Waals surface area contributed by atoms with Crippen LogP contribution in [0, 0.1) is 17.0 Å². The van der Waals surface area contributed by atoms with E-state index in [4.69, 9.17) is 4.74 Å². The summed E-state index contributed by atoms with van der Waals surface area (Å²) >= 11 is 0. The van der Waals surface area contributed by atoms with Crippen molar-refractivity contribution in [1.29, 1.82) is 0 Å². The molecule has 0 fully saturated rings. The maximum atomic E-state index is 12.8. The number of ketones is 1. The Kier molecular flexibility index (Phi) is 3.69. The Morgan fingerprint density at radius 2 is 2.00 bits per heavy atom. The number of nitro groups is 1. The van der Waals surface area contributed by atoms with E-state index in [9.17, 15) is 20.0 Å². The number of aromatic amines is 1. The zero-order chi connectivity index (χ0) is 17.4. The number of nitrogens with zero attached hydrogens (tertiary/aromatic N) is 1. The number of hydrogen-bond acceptors (Lipinski definition) is 5. The molecular formula is C17H14N2O5. The summed E-state index contributed by atoms with van der Waals surface area (Å²) in [5.41, 5.74) is 1.39. The molecule has 122 valence electrons. The van der Waals surface area contributed by atoms with Gasteiger partial charge in [-0.05, 0) is 24.6 Å². The lowest BCUT2D eigenvalue weighted by atomic mass is 10.0. The molecular weight excluding hydrogens is 312 g/mol. The van der Waals surface area contributed by atoms with Gasteiger partial charge in [-0.25, -0.2) is 0 Å². The molecule has 0 saturated carbocycles. The van der Waals surface area contributed by atoms with Crippen LogP contribution in [0.15, 0.2) is 36.4 Å². The van der Waals surface area contributed by atoms with Crippen LogP contribution < -0.4 is 4.74 Å². The van der Waals surface area contributed by atoms with Gasteiger partial charge in [0.2, 0.25) is 11.5 Å². The van der Waals surface area contributed by atoms with E-state index in [2.05, 4.69) is 4.98 Å². The molecule has 7 heteroatoms. The fourth-order valence-electron chi connectivity index (χ4n) is 2.67. The molecule has 3 rings (SSSR count). The Hall–Kier alpha value is -3.35. The molecule has 1 heterocycles. The molecule has 2 N–H and O–H groups in total. The molecule has 0 unspecified atom stereocenters. The standard InChI is InChI=1S/C17H14N2O5/c1-9-11-5-3-4-6-12(11)18-15(9)16(20)10-7-13(19(22)23)17(21)14(8-10)24-2/h3-8,18,21H,1-2H3. The Labute approximate surface area is 136 Å². The van der Waals surface area contributed by atoms with Gasteiger partial charge in [-0.3, -0.25) is 14.9 Å². The quantitative estimate of drug-likeness (QED) is 0.434. The van der Waals surface area contributed by atoms with Gasteiger partial charge in [-0.1, -0.05) is 18.2 Å². The highest BCUT2D eigenvalue weighted by atomic mass is 16.6. The van der Waals surface area contributed by atoms with Gasteiger partial charge in [0.05, 0.1) is 17.7 Å². The molecule has 2 aromatic carbocycles. The number of carbonyl (C=O) groups excluding carboxylic acids is 1. The number of methoxy groups -OCH3 is 1. The average molecular weight is 326 g/mol. The van der Waals surface area contributed by atoms with E-state index in [0.717, 1.165) is 22.5 Å². The lowest BCUT2D eigenvalue weighted by Crippen LogP contribution is -2.05. The number of aryl methyl sites for hydroxylation is 1. The number of H-pyrrole nitrogens is 1. The first-order valence-electron chi connectivity index (χ1n) is 7.11. The van der Waals surface area contributed by atoms with Gasteiger partial charge in [-0.2, -0.15) is 0 Å². The molecule has 0 aliphatic carbocycles. The second-order valence-corrected chi connectivity index (χ2v) is 5.30. The molecule has 0 radical (unpaired) electrons. The highest BCUT2D eigenvalue weighted by Crippen LogP contribution is 2.37. The summed E-state index contributed by atoms with van der Waals surface area (Å²) in [6.45, 7) is 1.80. The summed E-state index contributed by atoms with van der Waals surface area (Å²) in [6.07, 6.45) is 0. The zero-order valence-electron chi connectivity index (χ0n) is 13.0. The minimum Gasteiger partial charge on any atom is -0.500 e. The number of fused-ring (bicyclic) bond motifs is 1. The first kappa shape index (κ1) is 15.5. The largest absolute Gasteiger partial charge is 0.500 e. The van der Waals surface area contributed by atoms with Crippen molar-refractivity contribution in [3.05, 3.63) is 63.3 Å². The molecule has 0 aliphatic heterocycles. The van der Waals surface area contributed by atoms with Gasteiger partial charge in [0.25, 0.3) is 0 Å². The molecule has 7 nitrogen and oxygen atoms in total. The third kappa shape index (κ3) is 2.36. The Balaban J connectivity index is 2.17. The SMILES string of the molecule is COc1cc(C(=O)c2[nH]c3ccccc3c2C)cc([N+](=O)[O-])c1O. The molecule has 0 aliphatic rings. The van der Waals surface area contributed by atoms with E-state index in [0.29, 0.717) is 5.69 Å². The molecule has 0 amide bonds. The number of para-hydroxylation sites is 1. The molecule has 24 heavy (non-hydrogen) atoms. The van der Waals surface area contributed by atoms with E-state index in [-0.39, 0.29) is 11.3 Å². The molecule has 3 aromatic rings. The van der Waals surface area contributed by atoms with E-state index in [1.165, 1.54) is 13.2 Å². The van der Waals surface area contributed by atoms with Crippen molar-refractivity contribution >= 4 is 22.4 Å². The van der Waals surface area contributed by atoms with Crippen molar-refractivity contribution in [1.82, 2.24) is 4.98 Å². The van der Waals surface area contributed by atoms with Crippen LogP contribution in [0.5, 0.6) is 11.5 Å². The van der Waals surface area contributed by atoms with Crippen molar-refractivity contribution in [2.75, 3.05) is 7.11 Å². The van der Waals surface area contributed by atoms with Crippen molar-refractivity contribution in [3.8, 4) is 11.5 Å². The number of ether oxygens (including phenoxy) is 1. The highest BCUT2D eigenvalue weighted by molar-refractivity contribution is 6.12. The first-order valence-corrected chi connectivity index (χ1v) is 7.11. The first-order chi connectivity index (χ1) is 11.4. The van der Waals surface area contributed by atoms with Crippen LogP contribution in [0.25, 0.3) is 10.9 Å². The van der Waals surface area contributed by atoms with Gasteiger partial charge < -0.3 is 14.8 Å². The van der Waals surface area contributed by atoms with Crippen LogP contribution in [0.3, 0.4) is 0 Å². The number of phenolic OH excluding ortho intramolecular Hbond substituents is 1. The predicted molar refractivity (Wildman–Crippen MR) is 87.8 cm³/mol. The lowest BCUT2D eigenvalue weighted by Gasteiger charge is -2.07. The van der Waals surface area contributed by atoms with E-state index in [1.54, 1.807) is 6.92 Å². The van der Waals surface area contributed by atoms with Crippen LogP contribution in [-0.4, -0.2) is 27.9 Å². The van der Waals surface area contributed by atoms with Crippen LogP contribution in [0.2, 0.25) is 0 Å². The average Bonchev–Trinajstić information content (AvgIpc) is 2.91. The number of nitrogens with one attached hydrogen (secondary N) is 1. The smallest absolute Gasteiger partial charge is 0.315 e. The van der Waals surface area contributed by atoms with Gasteiger partial charge in [-0.15, -0.1) is 0 Å². The maximum Gasteiger partial charge on any atom is 0.315 e. The number of aromatic hydroxyl groups is 1. The summed E-state index contributed by atoms with van der Waals surface area (Å²) < 4.78 is 4.93. The number of rotatable bonds is 4. The number of benzene rings is 2. The van der Waals surface area contributed by atoms with Gasteiger partial charge >= 0.3 is 5.69 Å². The predicted octanol–water partition coefficient (Wildman–Crippen LogP) is 3.33. The van der Waals surface area contributed by atoms with Crippen molar-refractivity contribution in [2.45, 2.75) is 6.92 Å². The number of nitro benzene ring substituents is 1. The van der Waals surface area contributed by atoms with Crippen molar-refractivity contribution < 1.29 is 19.6 Å². The van der Waals surface area contributed by atoms with Crippen molar-refractivity contribution in [3.63, 3.8) is 0 Å². The minimum atomic E-state index is -0.757. The fraction of sp³-hybridized carbons (Fsp3) is 0.118. The van der Waals surface area contributed by atoms with Crippen LogP contribution >= 0.6 is 0 Å². The van der Waals surface area contributed by atoms with E-state index >= 15 is 0 Å². The third-order valence-corrected chi connectivity index (χ3v) is 3.93. The molecule has 0 spiro atoms. The fourth-order valence-corrected chi connectivity index (χ4v) is 2.67. The number of carbonyl (C=O) groups is 1. The summed E-state index contributed by atoms with van der Waals surface area (Å²) in [6, 6.07) is 9.78. The molecule has 0 bridgehead atoms. The van der Waals surface area contributed by atoms with E-state index < -0.39 is 22.1 Å². The zero-order valence-corrected chi connectivity index (χ0v) is 13.0. The topological polar surface area (TPSA) is 105 Å². The highest BCUT2D eigenvalue weighted by Gasteiger charge is 2.24. The van der Waals surface area contributed by atoms with Crippen LogP contribution in [0.4, 0.5) is 5.69 Å². The molecule has 0 saturated heterocycles. The Bertz CT molecular complexity index is 975. The lowest BCUT2D eigenvalue weighted by molar-refractivity contribution is -0.386. The number of phenols is 1. The summed E-state index contributed by atoms with van der Waals surface area (Å²) in [4.78, 5) is 26.2. The van der Waals surface area contributed by atoms with Crippen LogP contribution in [0.1, 0.15) is 21.6 Å². The third-order valence-electron chi connectivity index (χ3n) is 3.93. The number of hydrogen-bond donors (Lipinski definition) is 2. The van der Waals surface area contributed by atoms with E-state index in [1.807, 2.05) is 24.3 Å². The van der Waals surface area contributed by atoms with Gasteiger partial charge in [0.1, 0.15) is 0 Å². The Morgan fingerprint density at radius 3 is 2.62 bits per heavy atom. The van der Waals surface area contributed by atoms with Gasteiger partial charge in [0, 0.05) is 22.5 Å². The van der Waals surface area contributed by atoms with Crippen LogP contribution in [-0.2, 0) is 0 Å². The summed E-state index contributed by atoms with van der Waals surface area (Å²) in [7, 11) is 1.27. The monoisotopic (exact) mass is 326 g/mol. The second kappa shape index (κ2) is 5.69. The molecule has 0 atom stereocenters. The molecule has 1 aromatic heterocycles. The minimum absolute atomic E-state index is 0.0611.